The summed E-state index contributed by atoms with van der Waals surface area (Å²) in [5.41, 5.74) is 0. The molecule has 3 nitrogen and oxygen atoms in total. The van der Waals surface area contributed by atoms with Crippen molar-refractivity contribution in [2.45, 2.75) is 12.2 Å². The maximum Gasteiger partial charge on any atom is 0.180 e. The van der Waals surface area contributed by atoms with E-state index in [9.17, 15) is 0 Å². The summed E-state index contributed by atoms with van der Waals surface area (Å²) in [5, 5.41) is 3.84. The molecule has 0 radical (unpaired) electrons. The third-order valence-corrected chi connectivity index (χ3v) is 2.88. The average Bonchev–Trinajstić information content (AvgIpc) is 2.62. The van der Waals surface area contributed by atoms with Crippen LogP contribution in [0.3, 0.4) is 0 Å². The molecule has 1 N–H and O–H groups in total. The van der Waals surface area contributed by atoms with Crippen LogP contribution in [0.15, 0.2) is 18.2 Å². The van der Waals surface area contributed by atoms with Gasteiger partial charge in [-0.3, -0.25) is 0 Å². The van der Waals surface area contributed by atoms with Gasteiger partial charge in [0.1, 0.15) is 12.2 Å². The van der Waals surface area contributed by atoms with Crippen molar-refractivity contribution in [3.05, 3.63) is 23.2 Å². The van der Waals surface area contributed by atoms with Gasteiger partial charge in [0.2, 0.25) is 0 Å². The molecule has 1 aromatic carbocycles. The third kappa shape index (κ3) is 1.16. The maximum absolute atomic E-state index is 6.01. The van der Waals surface area contributed by atoms with Crippen molar-refractivity contribution in [2.24, 2.45) is 0 Å². The SMILES string of the molecule is Clc1cccc2c1O[C@H]1CNC[C@@H]1O2. The Morgan fingerprint density at radius 2 is 2.00 bits per heavy atom. The van der Waals surface area contributed by atoms with Crippen molar-refractivity contribution in [3.63, 3.8) is 0 Å². The Kier molecular flexibility index (Phi) is 1.82. The topological polar surface area (TPSA) is 30.5 Å². The monoisotopic (exact) mass is 211 g/mol. The second kappa shape index (κ2) is 3.04. The lowest BCUT2D eigenvalue weighted by atomic mass is 10.2. The lowest BCUT2D eigenvalue weighted by molar-refractivity contribution is 0.0554. The Hall–Kier alpha value is -0.930. The van der Waals surface area contributed by atoms with Crippen LogP contribution in [0.1, 0.15) is 0 Å². The van der Waals surface area contributed by atoms with Crippen molar-refractivity contribution in [2.75, 3.05) is 13.1 Å². The molecule has 0 spiro atoms. The second-order valence-corrected chi connectivity index (χ2v) is 3.95. The number of hydrogen-bond donors (Lipinski definition) is 1. The molecule has 2 aliphatic heterocycles. The van der Waals surface area contributed by atoms with Crippen LogP contribution in [0.2, 0.25) is 5.02 Å². The van der Waals surface area contributed by atoms with Crippen molar-refractivity contribution in [1.29, 1.82) is 0 Å². The largest absolute Gasteiger partial charge is 0.481 e. The fourth-order valence-electron chi connectivity index (χ4n) is 1.88. The Labute approximate surface area is 87.0 Å². The minimum absolute atomic E-state index is 0.0994. The predicted octanol–water partition coefficient (Wildman–Crippen LogP) is 1.45. The number of hydrogen-bond acceptors (Lipinski definition) is 3. The molecule has 0 aliphatic carbocycles. The summed E-state index contributed by atoms with van der Waals surface area (Å²) in [5.74, 6) is 1.43. The van der Waals surface area contributed by atoms with Crippen LogP contribution in [-0.4, -0.2) is 25.3 Å². The van der Waals surface area contributed by atoms with Gasteiger partial charge in [-0.2, -0.15) is 0 Å². The summed E-state index contributed by atoms with van der Waals surface area (Å²) in [4.78, 5) is 0. The number of fused-ring (bicyclic) bond motifs is 2. The first kappa shape index (κ1) is 8.38. The van der Waals surface area contributed by atoms with E-state index in [-0.39, 0.29) is 12.2 Å². The molecule has 3 rings (SSSR count). The van der Waals surface area contributed by atoms with Crippen molar-refractivity contribution in [3.8, 4) is 11.5 Å². The Morgan fingerprint density at radius 1 is 1.21 bits per heavy atom. The Balaban J connectivity index is 2.01. The molecular formula is C10H10ClNO2. The van der Waals surface area contributed by atoms with E-state index in [1.54, 1.807) is 0 Å². The summed E-state index contributed by atoms with van der Waals surface area (Å²) < 4.78 is 11.5. The van der Waals surface area contributed by atoms with Gasteiger partial charge in [0.05, 0.1) is 5.02 Å². The van der Waals surface area contributed by atoms with Crippen LogP contribution in [-0.2, 0) is 0 Å². The van der Waals surface area contributed by atoms with Gasteiger partial charge in [0, 0.05) is 13.1 Å². The summed E-state index contributed by atoms with van der Waals surface area (Å²) in [6.07, 6.45) is 0.225. The van der Waals surface area contributed by atoms with E-state index in [1.807, 2.05) is 18.2 Å². The highest BCUT2D eigenvalue weighted by Crippen LogP contribution is 2.40. The van der Waals surface area contributed by atoms with Crippen molar-refractivity contribution >= 4 is 11.6 Å². The molecule has 0 aromatic heterocycles. The van der Waals surface area contributed by atoms with Gasteiger partial charge in [-0.25, -0.2) is 0 Å². The lowest BCUT2D eigenvalue weighted by Crippen LogP contribution is -2.38. The van der Waals surface area contributed by atoms with Crippen LogP contribution >= 0.6 is 11.6 Å². The molecule has 1 aromatic rings. The molecule has 0 amide bonds. The Bertz CT molecular complexity index is 369. The molecule has 14 heavy (non-hydrogen) atoms. The van der Waals surface area contributed by atoms with Gasteiger partial charge >= 0.3 is 0 Å². The van der Waals surface area contributed by atoms with E-state index in [0.29, 0.717) is 10.8 Å². The van der Waals surface area contributed by atoms with Crippen LogP contribution in [0.25, 0.3) is 0 Å². The number of rotatable bonds is 0. The van der Waals surface area contributed by atoms with E-state index >= 15 is 0 Å². The van der Waals surface area contributed by atoms with Crippen LogP contribution in [0, 0.1) is 0 Å². The number of nitrogens with one attached hydrogen (secondary N) is 1. The fraction of sp³-hybridized carbons (Fsp3) is 0.400. The number of halogens is 1. The van der Waals surface area contributed by atoms with Crippen LogP contribution in [0.5, 0.6) is 11.5 Å². The van der Waals surface area contributed by atoms with Gasteiger partial charge in [-0.05, 0) is 12.1 Å². The summed E-state index contributed by atoms with van der Waals surface area (Å²) in [7, 11) is 0. The minimum atomic E-state index is 0.0994. The quantitative estimate of drug-likeness (QED) is 0.705. The zero-order chi connectivity index (χ0) is 9.54. The molecular weight excluding hydrogens is 202 g/mol. The molecule has 74 valence electrons. The standard InChI is InChI=1S/C10H10ClNO2/c11-6-2-1-3-7-10(6)14-9-5-12-4-8(9)13-7/h1-3,8-9,12H,4-5H2/t8-,9-/m0/s1. The normalized spacial score (nSPS) is 28.6. The van der Waals surface area contributed by atoms with Gasteiger partial charge < -0.3 is 14.8 Å². The number of para-hydroxylation sites is 1. The van der Waals surface area contributed by atoms with E-state index in [4.69, 9.17) is 21.1 Å². The first-order valence-corrected chi connectivity index (χ1v) is 5.05. The predicted molar refractivity (Wildman–Crippen MR) is 53.2 cm³/mol. The van der Waals surface area contributed by atoms with Gasteiger partial charge in [0.15, 0.2) is 11.5 Å². The second-order valence-electron chi connectivity index (χ2n) is 3.54. The smallest absolute Gasteiger partial charge is 0.180 e. The molecule has 1 fully saturated rings. The molecule has 2 aliphatic rings. The number of ether oxygens (including phenoxy) is 2. The fourth-order valence-corrected chi connectivity index (χ4v) is 2.09. The van der Waals surface area contributed by atoms with Crippen LogP contribution < -0.4 is 14.8 Å². The first-order chi connectivity index (χ1) is 6.84. The molecule has 0 bridgehead atoms. The molecule has 0 unspecified atom stereocenters. The van der Waals surface area contributed by atoms with Crippen molar-refractivity contribution in [1.82, 2.24) is 5.32 Å². The maximum atomic E-state index is 6.01. The van der Waals surface area contributed by atoms with E-state index < -0.39 is 0 Å². The highest BCUT2D eigenvalue weighted by molar-refractivity contribution is 6.32. The first-order valence-electron chi connectivity index (χ1n) is 4.67. The lowest BCUT2D eigenvalue weighted by Gasteiger charge is -2.29. The molecule has 0 saturated carbocycles. The van der Waals surface area contributed by atoms with E-state index in [0.717, 1.165) is 18.8 Å². The van der Waals surface area contributed by atoms with Crippen molar-refractivity contribution < 1.29 is 9.47 Å². The summed E-state index contributed by atoms with van der Waals surface area (Å²) >= 11 is 6.01. The minimum Gasteiger partial charge on any atom is -0.481 e. The zero-order valence-corrected chi connectivity index (χ0v) is 8.25. The van der Waals surface area contributed by atoms with Gasteiger partial charge in [-0.15, -0.1) is 0 Å². The highest BCUT2D eigenvalue weighted by atomic mass is 35.5. The van der Waals surface area contributed by atoms with Crippen LogP contribution in [0.4, 0.5) is 0 Å². The summed E-state index contributed by atoms with van der Waals surface area (Å²) in [6, 6.07) is 5.56. The van der Waals surface area contributed by atoms with Gasteiger partial charge in [0.25, 0.3) is 0 Å². The van der Waals surface area contributed by atoms with E-state index in [2.05, 4.69) is 5.32 Å². The molecule has 2 atom stereocenters. The zero-order valence-electron chi connectivity index (χ0n) is 7.50. The Morgan fingerprint density at radius 3 is 2.86 bits per heavy atom. The third-order valence-electron chi connectivity index (χ3n) is 2.58. The summed E-state index contributed by atoms with van der Waals surface area (Å²) in [6.45, 7) is 1.67. The molecule has 1 saturated heterocycles. The van der Waals surface area contributed by atoms with Gasteiger partial charge in [-0.1, -0.05) is 17.7 Å². The van der Waals surface area contributed by atoms with E-state index in [1.165, 1.54) is 0 Å². The molecule has 4 heteroatoms. The molecule has 2 heterocycles. The average molecular weight is 212 g/mol. The highest BCUT2D eigenvalue weighted by Gasteiger charge is 2.36. The number of benzene rings is 1.